The van der Waals surface area contributed by atoms with Crippen molar-refractivity contribution in [3.63, 3.8) is 0 Å². The number of primary amides is 1. The van der Waals surface area contributed by atoms with Gasteiger partial charge in [-0.2, -0.15) is 0 Å². The van der Waals surface area contributed by atoms with Crippen LogP contribution in [0.4, 0.5) is 0 Å². The van der Waals surface area contributed by atoms with Crippen molar-refractivity contribution in [2.75, 3.05) is 6.54 Å². The molecule has 0 saturated carbocycles. The average Bonchev–Trinajstić information content (AvgIpc) is 3.14. The van der Waals surface area contributed by atoms with Gasteiger partial charge in [-0.05, 0) is 66.8 Å². The molecule has 0 unspecified atom stereocenters. The number of phenols is 1. The minimum absolute atomic E-state index is 0.0331. The Bertz CT molecular complexity index is 1820. The molecule has 6 atom stereocenters. The fraction of sp³-hybridized carbons (Fsp3) is 0.487. The van der Waals surface area contributed by atoms with E-state index in [-0.39, 0.29) is 25.0 Å². The van der Waals surface area contributed by atoms with Gasteiger partial charge in [-0.3, -0.25) is 38.4 Å². The second-order valence-electron chi connectivity index (χ2n) is 15.0. The van der Waals surface area contributed by atoms with E-state index >= 15 is 0 Å². The first kappa shape index (κ1) is 45.4. The maximum absolute atomic E-state index is 14.3. The molecule has 0 spiro atoms. The Labute approximate surface area is 330 Å². The summed E-state index contributed by atoms with van der Waals surface area (Å²) in [6.45, 7) is 7.46. The van der Waals surface area contributed by atoms with Gasteiger partial charge in [-0.1, -0.05) is 64.1 Å². The molecule has 3 rings (SSSR count). The molecular weight excluding hydrogens is 740 g/mol. The number of aliphatic carboxylic acids is 1. The molecule has 1 aliphatic carbocycles. The average molecular weight is 795 g/mol. The van der Waals surface area contributed by atoms with Crippen molar-refractivity contribution >= 4 is 47.3 Å². The van der Waals surface area contributed by atoms with Crippen LogP contribution in [0.15, 0.2) is 48.5 Å². The highest BCUT2D eigenvalue weighted by molar-refractivity contribution is 5.99. The number of carboxylic acid groups (broad SMARTS) is 1. The Balaban J connectivity index is 1.83. The summed E-state index contributed by atoms with van der Waals surface area (Å²) in [4.78, 5) is 104. The van der Waals surface area contributed by atoms with Crippen LogP contribution in [0, 0.1) is 11.8 Å². The lowest BCUT2D eigenvalue weighted by atomic mass is 9.77. The van der Waals surface area contributed by atoms with Gasteiger partial charge >= 0.3 is 5.97 Å². The molecule has 0 heterocycles. The first-order valence-electron chi connectivity index (χ1n) is 18.6. The van der Waals surface area contributed by atoms with E-state index in [0.717, 1.165) is 11.1 Å². The third kappa shape index (κ3) is 13.0. The second kappa shape index (κ2) is 20.2. The number of rotatable bonds is 19. The number of aryl methyl sites for hydroxylation is 1. The lowest BCUT2D eigenvalue weighted by Crippen LogP contribution is -2.67. The van der Waals surface area contributed by atoms with Gasteiger partial charge in [0.1, 0.15) is 35.5 Å². The summed E-state index contributed by atoms with van der Waals surface area (Å²) < 4.78 is 0. The molecule has 0 radical (unpaired) electrons. The highest BCUT2D eigenvalue weighted by Gasteiger charge is 2.45. The third-order valence-electron chi connectivity index (χ3n) is 9.64. The monoisotopic (exact) mass is 794 g/mol. The predicted octanol–water partition coefficient (Wildman–Crippen LogP) is -1.35. The number of hydrogen-bond acceptors (Lipinski definition) is 10. The van der Waals surface area contributed by atoms with Crippen LogP contribution in [0.5, 0.6) is 5.75 Å². The normalized spacial score (nSPS) is 17.4. The molecule has 0 saturated heterocycles. The van der Waals surface area contributed by atoms with Gasteiger partial charge in [0.05, 0.1) is 19.0 Å². The number of carbonyl (C=O) groups is 8. The Hall–Kier alpha value is -6.04. The highest BCUT2D eigenvalue weighted by Crippen LogP contribution is 2.30. The summed E-state index contributed by atoms with van der Waals surface area (Å²) in [6.07, 6.45) is -0.428. The number of amides is 7. The summed E-state index contributed by atoms with van der Waals surface area (Å²) >= 11 is 0. The minimum atomic E-state index is -1.72. The molecular formula is C39H54N8O10. The molecule has 18 heteroatoms. The number of benzene rings is 2. The predicted molar refractivity (Wildman–Crippen MR) is 207 cm³/mol. The fourth-order valence-corrected chi connectivity index (χ4v) is 6.33. The number of nitrogens with two attached hydrogens (primary N) is 2. The number of nitrogens with one attached hydrogen (secondary N) is 6. The molecule has 0 bridgehead atoms. The van der Waals surface area contributed by atoms with Gasteiger partial charge in [0.2, 0.25) is 41.4 Å². The lowest BCUT2D eigenvalue weighted by molar-refractivity contribution is -0.143. The molecule has 7 amide bonds. The Morgan fingerprint density at radius 3 is 1.89 bits per heavy atom. The third-order valence-corrected chi connectivity index (χ3v) is 9.64. The fourth-order valence-electron chi connectivity index (χ4n) is 6.33. The molecule has 1 aliphatic rings. The first-order chi connectivity index (χ1) is 26.7. The van der Waals surface area contributed by atoms with E-state index in [0.29, 0.717) is 12.0 Å². The zero-order valence-corrected chi connectivity index (χ0v) is 32.7. The van der Waals surface area contributed by atoms with Crippen LogP contribution in [0.3, 0.4) is 0 Å². The number of fused-ring (bicyclic) bond motifs is 1. The number of aromatic hydroxyl groups is 1. The van der Waals surface area contributed by atoms with Crippen LogP contribution in [0.2, 0.25) is 0 Å². The van der Waals surface area contributed by atoms with Crippen molar-refractivity contribution in [2.24, 2.45) is 23.3 Å². The number of carboxylic acids is 1. The minimum Gasteiger partial charge on any atom is -0.508 e. The zero-order valence-electron chi connectivity index (χ0n) is 32.7. The molecule has 18 nitrogen and oxygen atoms in total. The lowest BCUT2D eigenvalue weighted by Gasteiger charge is -2.39. The SMILES string of the molecule is CC(C)[C@H](NC(=O)[C@H](CC(=O)O)NC(=O)[C@]1(NC(=O)[C@@H](C)NC(=O)[C@@H](N)Cc2ccc(O)cc2)CCc2ccccc2C1)C(=O)N[C@H](C(=O)NCC(N)=O)C(C)C. The standard InChI is InChI=1S/C39H54N8O10/c1-20(2)31(36(55)42-19-29(41)49)46-37(56)32(21(3)4)45-35(54)28(17-30(50)51)44-38(57)39(15-14-24-8-6-7-9-25(24)18-39)47-33(52)22(5)43-34(53)27(40)16-23-10-12-26(48)13-11-23/h6-13,20-22,27-28,31-32,48H,14-19,40H2,1-5H3,(H2,41,49)(H,42,55)(H,43,53)(H,44,57)(H,45,54)(H,46,56)(H,47,52)(H,50,51)/t22-,27+,28+,31+,32+,39+/m1/s1. The van der Waals surface area contributed by atoms with Crippen molar-refractivity contribution in [3.8, 4) is 5.75 Å². The van der Waals surface area contributed by atoms with Crippen molar-refractivity contribution in [1.82, 2.24) is 31.9 Å². The van der Waals surface area contributed by atoms with E-state index in [2.05, 4.69) is 31.9 Å². The quantitative estimate of drug-likeness (QED) is 0.0793. The number of phenolic OH excluding ortho intramolecular Hbond substituents is 1. The van der Waals surface area contributed by atoms with Crippen molar-refractivity contribution in [1.29, 1.82) is 0 Å². The Morgan fingerprint density at radius 2 is 1.32 bits per heavy atom. The van der Waals surface area contributed by atoms with Gasteiger partial charge in [-0.15, -0.1) is 0 Å². The molecule has 310 valence electrons. The van der Waals surface area contributed by atoms with E-state index in [1.807, 2.05) is 12.1 Å². The highest BCUT2D eigenvalue weighted by atomic mass is 16.4. The summed E-state index contributed by atoms with van der Waals surface area (Å²) in [5.41, 5.74) is 11.8. The topological polar surface area (TPSA) is 301 Å². The van der Waals surface area contributed by atoms with Gasteiger partial charge < -0.3 is 53.6 Å². The largest absolute Gasteiger partial charge is 0.508 e. The molecule has 12 N–H and O–H groups in total. The summed E-state index contributed by atoms with van der Waals surface area (Å²) in [7, 11) is 0. The molecule has 0 aromatic heterocycles. The van der Waals surface area contributed by atoms with Gasteiger partial charge in [-0.25, -0.2) is 0 Å². The number of carbonyl (C=O) groups excluding carboxylic acids is 7. The van der Waals surface area contributed by atoms with E-state index in [1.165, 1.54) is 19.1 Å². The summed E-state index contributed by atoms with van der Waals surface area (Å²) in [5, 5.41) is 34.5. The Morgan fingerprint density at radius 1 is 0.737 bits per heavy atom. The van der Waals surface area contributed by atoms with Crippen LogP contribution >= 0.6 is 0 Å². The summed E-state index contributed by atoms with van der Waals surface area (Å²) in [5.74, 6) is -7.96. The maximum atomic E-state index is 14.3. The number of hydrogen-bond donors (Lipinski definition) is 10. The second-order valence-corrected chi connectivity index (χ2v) is 15.0. The van der Waals surface area contributed by atoms with Crippen LogP contribution in [-0.2, 0) is 57.6 Å². The molecule has 0 aliphatic heterocycles. The van der Waals surface area contributed by atoms with Gasteiger partial charge in [0.25, 0.3) is 0 Å². The van der Waals surface area contributed by atoms with Crippen LogP contribution in [0.1, 0.15) is 64.2 Å². The maximum Gasteiger partial charge on any atom is 0.305 e. The molecule has 0 fully saturated rings. The van der Waals surface area contributed by atoms with Crippen molar-refractivity contribution in [3.05, 3.63) is 65.2 Å². The van der Waals surface area contributed by atoms with Gasteiger partial charge in [0, 0.05) is 6.42 Å². The molecule has 57 heavy (non-hydrogen) atoms. The summed E-state index contributed by atoms with van der Waals surface area (Å²) in [6, 6.07) is 7.00. The first-order valence-corrected chi connectivity index (χ1v) is 18.6. The Kier molecular flexibility index (Phi) is 16.1. The van der Waals surface area contributed by atoms with Crippen LogP contribution < -0.4 is 43.4 Å². The smallest absolute Gasteiger partial charge is 0.305 e. The van der Waals surface area contributed by atoms with E-state index in [1.54, 1.807) is 52.0 Å². The molecule has 2 aromatic rings. The van der Waals surface area contributed by atoms with E-state index < -0.39 is 108 Å². The zero-order chi connectivity index (χ0) is 42.6. The van der Waals surface area contributed by atoms with Crippen LogP contribution in [0.25, 0.3) is 0 Å². The molecule has 2 aromatic carbocycles. The van der Waals surface area contributed by atoms with Crippen molar-refractivity contribution < 1.29 is 48.6 Å². The van der Waals surface area contributed by atoms with E-state index in [9.17, 15) is 48.6 Å². The van der Waals surface area contributed by atoms with Gasteiger partial charge in [0.15, 0.2) is 0 Å². The van der Waals surface area contributed by atoms with Crippen LogP contribution in [-0.4, -0.2) is 99.8 Å². The van der Waals surface area contributed by atoms with Crippen molar-refractivity contribution in [2.45, 2.75) is 102 Å². The van der Waals surface area contributed by atoms with E-state index in [4.69, 9.17) is 11.5 Å².